The monoisotopic (exact) mass is 326 g/mol. The summed E-state index contributed by atoms with van der Waals surface area (Å²) in [5.41, 5.74) is -0.498. The Balaban J connectivity index is 2.91. The fourth-order valence-corrected chi connectivity index (χ4v) is 1.84. The van der Waals surface area contributed by atoms with Crippen LogP contribution < -0.4 is 10.1 Å². The first kappa shape index (κ1) is 18.7. The van der Waals surface area contributed by atoms with Crippen molar-refractivity contribution in [2.24, 2.45) is 0 Å². The Morgan fingerprint density at radius 3 is 2.43 bits per heavy atom. The van der Waals surface area contributed by atoms with Gasteiger partial charge in [-0.2, -0.15) is 0 Å². The molecule has 0 aliphatic rings. The first-order valence-corrected chi connectivity index (χ1v) is 7.06. The van der Waals surface area contributed by atoms with Crippen LogP contribution in [-0.4, -0.2) is 37.9 Å². The van der Waals surface area contributed by atoms with Crippen LogP contribution in [0, 0.1) is 5.82 Å². The van der Waals surface area contributed by atoms with E-state index in [-0.39, 0.29) is 12.0 Å². The van der Waals surface area contributed by atoms with E-state index in [1.165, 1.54) is 32.4 Å². The van der Waals surface area contributed by atoms with Gasteiger partial charge in [-0.3, -0.25) is 0 Å². The Kier molecular flexibility index (Phi) is 6.36. The molecule has 0 aliphatic carbocycles. The molecule has 23 heavy (non-hydrogen) atoms. The summed E-state index contributed by atoms with van der Waals surface area (Å²) in [5.74, 6) is -0.758. The molecule has 0 saturated heterocycles. The average Bonchev–Trinajstić information content (AvgIpc) is 2.45. The first-order chi connectivity index (χ1) is 10.7. The molecular formula is C16H22FNO5. The number of ether oxygens (including phenoxy) is 3. The molecule has 0 spiro atoms. The molecule has 0 radical (unpaired) electrons. The van der Waals surface area contributed by atoms with Crippen molar-refractivity contribution in [3.8, 4) is 5.75 Å². The van der Waals surface area contributed by atoms with E-state index in [1.54, 1.807) is 20.8 Å². The largest absolute Gasteiger partial charge is 0.497 e. The smallest absolute Gasteiger partial charge is 0.408 e. The van der Waals surface area contributed by atoms with Crippen molar-refractivity contribution in [3.63, 3.8) is 0 Å². The van der Waals surface area contributed by atoms with Gasteiger partial charge < -0.3 is 19.5 Å². The molecule has 1 atom stereocenters. The quantitative estimate of drug-likeness (QED) is 0.841. The highest BCUT2D eigenvalue weighted by Gasteiger charge is 2.26. The summed E-state index contributed by atoms with van der Waals surface area (Å²) in [6.45, 7) is 5.09. The molecule has 1 N–H and O–H groups in total. The summed E-state index contributed by atoms with van der Waals surface area (Å²) >= 11 is 0. The Bertz CT molecular complexity index is 568. The molecule has 1 amide bonds. The maximum absolute atomic E-state index is 13.9. The summed E-state index contributed by atoms with van der Waals surface area (Å²) in [4.78, 5) is 23.7. The lowest BCUT2D eigenvalue weighted by Crippen LogP contribution is -2.45. The van der Waals surface area contributed by atoms with E-state index in [9.17, 15) is 14.0 Å². The summed E-state index contributed by atoms with van der Waals surface area (Å²) in [6.07, 6.45) is -0.870. The Morgan fingerprint density at radius 2 is 1.91 bits per heavy atom. The van der Waals surface area contributed by atoms with E-state index < -0.39 is 29.5 Å². The Hall–Kier alpha value is -2.31. The number of rotatable bonds is 5. The molecule has 1 aromatic rings. The number of halogens is 1. The number of nitrogens with one attached hydrogen (secondary N) is 1. The van der Waals surface area contributed by atoms with Crippen LogP contribution in [0.5, 0.6) is 5.75 Å². The fraction of sp³-hybridized carbons (Fsp3) is 0.500. The maximum Gasteiger partial charge on any atom is 0.408 e. The minimum atomic E-state index is -1.07. The Labute approximate surface area is 134 Å². The SMILES string of the molecule is COC(=O)C(Cc1cc(OC)ccc1[18F])NC(=O)OC(C)(C)C. The minimum Gasteiger partial charge on any atom is -0.497 e. The lowest BCUT2D eigenvalue weighted by molar-refractivity contribution is -0.143. The predicted octanol–water partition coefficient (Wildman–Crippen LogP) is 2.44. The van der Waals surface area contributed by atoms with E-state index in [0.717, 1.165) is 0 Å². The topological polar surface area (TPSA) is 73.9 Å². The van der Waals surface area contributed by atoms with Gasteiger partial charge in [0.25, 0.3) is 0 Å². The zero-order valence-electron chi connectivity index (χ0n) is 13.9. The Morgan fingerprint density at radius 1 is 1.26 bits per heavy atom. The van der Waals surface area contributed by atoms with Crippen LogP contribution in [0.1, 0.15) is 26.3 Å². The number of carbonyl (C=O) groups is 2. The van der Waals surface area contributed by atoms with E-state index in [1.807, 2.05) is 0 Å². The summed E-state index contributed by atoms with van der Waals surface area (Å²) < 4.78 is 28.7. The zero-order chi connectivity index (χ0) is 17.6. The lowest BCUT2D eigenvalue weighted by Gasteiger charge is -2.22. The third-order valence-corrected chi connectivity index (χ3v) is 2.85. The standard InChI is InChI=1S/C16H22FNO5/c1-16(2,3)23-15(20)18-13(14(19)22-5)9-10-8-11(21-4)6-7-12(10)17/h6-8,13H,9H2,1-5H3,(H,18,20)/i17-1. The number of methoxy groups -OCH3 is 2. The second kappa shape index (κ2) is 7.80. The van der Waals surface area contributed by atoms with E-state index in [0.29, 0.717) is 5.75 Å². The van der Waals surface area contributed by atoms with Gasteiger partial charge in [-0.15, -0.1) is 0 Å². The van der Waals surface area contributed by atoms with Crippen LogP contribution >= 0.6 is 0 Å². The second-order valence-corrected chi connectivity index (χ2v) is 5.88. The number of carbonyl (C=O) groups excluding carboxylic acids is 2. The van der Waals surface area contributed by atoms with Crippen molar-refractivity contribution in [3.05, 3.63) is 29.6 Å². The van der Waals surface area contributed by atoms with Crippen LogP contribution in [0.3, 0.4) is 0 Å². The second-order valence-electron chi connectivity index (χ2n) is 5.88. The highest BCUT2D eigenvalue weighted by molar-refractivity contribution is 5.81. The van der Waals surface area contributed by atoms with Crippen molar-refractivity contribution in [1.29, 1.82) is 0 Å². The molecule has 0 heterocycles. The molecule has 1 unspecified atom stereocenters. The van der Waals surface area contributed by atoms with Gasteiger partial charge in [0.05, 0.1) is 14.2 Å². The highest BCUT2D eigenvalue weighted by atomic mass is 18.2. The van der Waals surface area contributed by atoms with E-state index >= 15 is 0 Å². The molecule has 1 rings (SSSR count). The normalized spacial score (nSPS) is 12.3. The van der Waals surface area contributed by atoms with E-state index in [2.05, 4.69) is 10.1 Å². The summed E-state index contributed by atoms with van der Waals surface area (Å²) in [6, 6.07) is 3.09. The summed E-state index contributed by atoms with van der Waals surface area (Å²) in [5, 5.41) is 2.39. The average molecular weight is 326 g/mol. The highest BCUT2D eigenvalue weighted by Crippen LogP contribution is 2.18. The molecule has 0 aromatic heterocycles. The maximum atomic E-state index is 13.9. The molecule has 0 fully saturated rings. The third-order valence-electron chi connectivity index (χ3n) is 2.85. The molecule has 0 saturated carbocycles. The van der Waals surface area contributed by atoms with Crippen molar-refractivity contribution in [1.82, 2.24) is 5.32 Å². The van der Waals surface area contributed by atoms with Gasteiger partial charge in [0.1, 0.15) is 23.2 Å². The molecule has 1 aromatic carbocycles. The van der Waals surface area contributed by atoms with Gasteiger partial charge in [-0.1, -0.05) is 0 Å². The molecule has 0 aliphatic heterocycles. The fourth-order valence-electron chi connectivity index (χ4n) is 1.84. The predicted molar refractivity (Wildman–Crippen MR) is 81.8 cm³/mol. The number of alkyl carbamates (subject to hydrolysis) is 1. The molecule has 0 bridgehead atoms. The van der Waals surface area contributed by atoms with Gasteiger partial charge in [0, 0.05) is 6.42 Å². The third kappa shape index (κ3) is 6.14. The van der Waals surface area contributed by atoms with Crippen molar-refractivity contribution in [2.75, 3.05) is 14.2 Å². The number of hydrogen-bond acceptors (Lipinski definition) is 5. The molecular weight excluding hydrogens is 304 g/mol. The van der Waals surface area contributed by atoms with E-state index in [4.69, 9.17) is 9.47 Å². The van der Waals surface area contributed by atoms with Gasteiger partial charge in [-0.25, -0.2) is 14.0 Å². The minimum absolute atomic E-state index is 0.0883. The van der Waals surface area contributed by atoms with Crippen LogP contribution in [0.25, 0.3) is 0 Å². The van der Waals surface area contributed by atoms with Crippen molar-refractivity contribution in [2.45, 2.75) is 38.8 Å². The van der Waals surface area contributed by atoms with Gasteiger partial charge in [-0.05, 0) is 44.5 Å². The molecule has 7 heteroatoms. The van der Waals surface area contributed by atoms with Crippen LogP contribution in [-0.2, 0) is 20.7 Å². The lowest BCUT2D eigenvalue weighted by atomic mass is 10.0. The van der Waals surface area contributed by atoms with Crippen LogP contribution in [0.4, 0.5) is 9.18 Å². The van der Waals surface area contributed by atoms with Crippen LogP contribution in [0.2, 0.25) is 0 Å². The zero-order valence-corrected chi connectivity index (χ0v) is 13.9. The summed E-state index contributed by atoms with van der Waals surface area (Å²) in [7, 11) is 2.64. The van der Waals surface area contributed by atoms with Crippen molar-refractivity contribution < 1.29 is 28.2 Å². The molecule has 128 valence electrons. The van der Waals surface area contributed by atoms with Crippen molar-refractivity contribution >= 4 is 12.1 Å². The van der Waals surface area contributed by atoms with Gasteiger partial charge in [0.15, 0.2) is 0 Å². The number of esters is 1. The number of amides is 1. The number of hydrogen-bond donors (Lipinski definition) is 1. The van der Waals surface area contributed by atoms with Gasteiger partial charge in [0.2, 0.25) is 0 Å². The van der Waals surface area contributed by atoms with Gasteiger partial charge >= 0.3 is 12.1 Å². The molecule has 6 nitrogen and oxygen atoms in total. The number of benzene rings is 1. The first-order valence-electron chi connectivity index (χ1n) is 7.06. The van der Waals surface area contributed by atoms with Crippen LogP contribution in [0.15, 0.2) is 18.2 Å².